The predicted octanol–water partition coefficient (Wildman–Crippen LogP) is 4.36. The van der Waals surface area contributed by atoms with Gasteiger partial charge in [-0.2, -0.15) is 4.98 Å². The van der Waals surface area contributed by atoms with E-state index in [0.29, 0.717) is 47.8 Å². The highest BCUT2D eigenvalue weighted by Gasteiger charge is 2.09. The molecule has 0 saturated heterocycles. The fraction of sp³-hybridized carbons (Fsp3) is 0.250. The lowest BCUT2D eigenvalue weighted by Crippen LogP contribution is -2.37. The van der Waals surface area contributed by atoms with Crippen molar-refractivity contribution in [3.05, 3.63) is 70.3 Å². The van der Waals surface area contributed by atoms with Gasteiger partial charge in [0.2, 0.25) is 11.7 Å². The second-order valence-corrected chi connectivity index (χ2v) is 6.64. The first-order valence-electron chi connectivity index (χ1n) is 8.83. The highest BCUT2D eigenvalue weighted by molar-refractivity contribution is 14.0. The van der Waals surface area contributed by atoms with Crippen LogP contribution in [0.15, 0.2) is 52.0 Å². The van der Waals surface area contributed by atoms with E-state index in [2.05, 4.69) is 25.8 Å². The number of aryl methyl sites for hydroxylation is 1. The summed E-state index contributed by atoms with van der Waals surface area (Å²) in [6, 6.07) is 12.3. The van der Waals surface area contributed by atoms with Crippen molar-refractivity contribution in [2.24, 2.45) is 4.99 Å². The fourth-order valence-electron chi connectivity index (χ4n) is 2.61. The number of guanidine groups is 1. The zero-order valence-electron chi connectivity index (χ0n) is 16.1. The molecule has 0 unspecified atom stereocenters. The average Bonchev–Trinajstić information content (AvgIpc) is 3.16. The summed E-state index contributed by atoms with van der Waals surface area (Å²) in [6.07, 6.45) is 0.546. The Morgan fingerprint density at radius 3 is 2.76 bits per heavy atom. The normalized spacial score (nSPS) is 11.1. The zero-order chi connectivity index (χ0) is 19.9. The Labute approximate surface area is 191 Å². The first kappa shape index (κ1) is 23.1. The van der Waals surface area contributed by atoms with Crippen LogP contribution in [-0.2, 0) is 13.0 Å². The third-order valence-corrected chi connectivity index (χ3v) is 4.32. The van der Waals surface area contributed by atoms with Gasteiger partial charge in [-0.15, -0.1) is 24.0 Å². The molecule has 0 radical (unpaired) electrons. The van der Waals surface area contributed by atoms with Gasteiger partial charge < -0.3 is 15.2 Å². The molecule has 0 aliphatic carbocycles. The van der Waals surface area contributed by atoms with E-state index in [9.17, 15) is 4.39 Å². The van der Waals surface area contributed by atoms with Crippen LogP contribution in [0, 0.1) is 12.7 Å². The number of nitrogens with zero attached hydrogens (tertiary/aromatic N) is 3. The van der Waals surface area contributed by atoms with Crippen LogP contribution >= 0.6 is 35.6 Å². The zero-order valence-corrected chi connectivity index (χ0v) is 19.2. The van der Waals surface area contributed by atoms with Crippen molar-refractivity contribution in [1.82, 2.24) is 20.8 Å². The summed E-state index contributed by atoms with van der Waals surface area (Å²) in [7, 11) is 1.69. The Bertz CT molecular complexity index is 979. The minimum atomic E-state index is -0.206. The van der Waals surface area contributed by atoms with E-state index in [4.69, 9.17) is 16.1 Å². The van der Waals surface area contributed by atoms with Crippen LogP contribution in [0.2, 0.25) is 5.02 Å². The largest absolute Gasteiger partial charge is 0.356 e. The topological polar surface area (TPSA) is 75.3 Å². The molecule has 3 aromatic rings. The quantitative estimate of drug-likeness (QED) is 0.282. The molecule has 0 saturated carbocycles. The molecule has 0 amide bonds. The average molecular weight is 530 g/mol. The first-order valence-corrected chi connectivity index (χ1v) is 9.21. The standard InChI is InChI=1S/C20H21ClFN5O.HI/c1-13-10-14(6-7-17(13)22)12-25-20(23-2)24-9-8-18-26-19(27-28-18)15-4-3-5-16(21)11-15;/h3-7,10-11H,8-9,12H2,1-2H3,(H2,23,24,25);1H. The van der Waals surface area contributed by atoms with Gasteiger partial charge >= 0.3 is 0 Å². The molecule has 1 heterocycles. The minimum Gasteiger partial charge on any atom is -0.356 e. The van der Waals surface area contributed by atoms with Crippen LogP contribution in [-0.4, -0.2) is 29.7 Å². The molecule has 0 aliphatic heterocycles. The molecular weight excluding hydrogens is 508 g/mol. The van der Waals surface area contributed by atoms with E-state index in [1.54, 1.807) is 32.2 Å². The number of halogens is 3. The van der Waals surface area contributed by atoms with Crippen molar-refractivity contribution in [3.8, 4) is 11.4 Å². The Balaban J connectivity index is 0.00000300. The van der Waals surface area contributed by atoms with Gasteiger partial charge in [0.1, 0.15) is 5.82 Å². The number of aliphatic imine (C=N–C) groups is 1. The third-order valence-electron chi connectivity index (χ3n) is 4.09. The molecule has 0 aliphatic rings. The molecule has 2 aromatic carbocycles. The molecule has 2 N–H and O–H groups in total. The lowest BCUT2D eigenvalue weighted by Gasteiger charge is -2.11. The van der Waals surface area contributed by atoms with E-state index in [1.807, 2.05) is 18.2 Å². The van der Waals surface area contributed by atoms with Gasteiger partial charge in [0.15, 0.2) is 5.96 Å². The van der Waals surface area contributed by atoms with E-state index < -0.39 is 0 Å². The van der Waals surface area contributed by atoms with Crippen LogP contribution in [0.3, 0.4) is 0 Å². The van der Waals surface area contributed by atoms with Gasteiger partial charge in [0, 0.05) is 37.1 Å². The number of benzene rings is 2. The van der Waals surface area contributed by atoms with E-state index in [1.165, 1.54) is 6.07 Å². The molecular formula is C20H22ClFIN5O. The summed E-state index contributed by atoms with van der Waals surface area (Å²) in [5.74, 6) is 1.46. The maximum atomic E-state index is 13.3. The maximum Gasteiger partial charge on any atom is 0.228 e. The van der Waals surface area contributed by atoms with Crippen LogP contribution in [0.1, 0.15) is 17.0 Å². The number of hydrogen-bond donors (Lipinski definition) is 2. The number of hydrogen-bond acceptors (Lipinski definition) is 4. The van der Waals surface area contributed by atoms with Crippen LogP contribution in [0.5, 0.6) is 0 Å². The molecule has 6 nitrogen and oxygen atoms in total. The third kappa shape index (κ3) is 6.67. The van der Waals surface area contributed by atoms with Gasteiger partial charge in [-0.05, 0) is 36.2 Å². The van der Waals surface area contributed by atoms with Crippen molar-refractivity contribution < 1.29 is 8.91 Å². The summed E-state index contributed by atoms with van der Waals surface area (Å²) in [6.45, 7) is 2.85. The first-order chi connectivity index (χ1) is 13.5. The summed E-state index contributed by atoms with van der Waals surface area (Å²) >= 11 is 5.99. The molecule has 1 aromatic heterocycles. The van der Waals surface area contributed by atoms with Crippen molar-refractivity contribution in [1.29, 1.82) is 0 Å². The molecule has 9 heteroatoms. The van der Waals surface area contributed by atoms with E-state index >= 15 is 0 Å². The highest BCUT2D eigenvalue weighted by Crippen LogP contribution is 2.19. The van der Waals surface area contributed by atoms with E-state index in [-0.39, 0.29) is 29.8 Å². The van der Waals surface area contributed by atoms with E-state index in [0.717, 1.165) is 11.1 Å². The molecule has 29 heavy (non-hydrogen) atoms. The second kappa shape index (κ2) is 11.1. The minimum absolute atomic E-state index is 0. The van der Waals surface area contributed by atoms with Crippen molar-refractivity contribution >= 4 is 41.5 Å². The smallest absolute Gasteiger partial charge is 0.228 e. The molecule has 0 atom stereocenters. The van der Waals surface area contributed by atoms with Crippen LogP contribution in [0.4, 0.5) is 4.39 Å². The number of aromatic nitrogens is 2. The lowest BCUT2D eigenvalue weighted by atomic mass is 10.1. The maximum absolute atomic E-state index is 13.3. The van der Waals surface area contributed by atoms with Gasteiger partial charge in [-0.1, -0.05) is 41.0 Å². The van der Waals surface area contributed by atoms with Crippen molar-refractivity contribution in [2.75, 3.05) is 13.6 Å². The Hall–Kier alpha value is -2.20. The van der Waals surface area contributed by atoms with Crippen molar-refractivity contribution in [2.45, 2.75) is 19.9 Å². The predicted molar refractivity (Wildman–Crippen MR) is 123 cm³/mol. The van der Waals surface area contributed by atoms with Gasteiger partial charge in [-0.25, -0.2) is 4.39 Å². The van der Waals surface area contributed by atoms with Gasteiger partial charge in [0.25, 0.3) is 0 Å². The fourth-order valence-corrected chi connectivity index (χ4v) is 2.80. The van der Waals surface area contributed by atoms with Gasteiger partial charge in [-0.3, -0.25) is 4.99 Å². The number of rotatable bonds is 6. The summed E-state index contributed by atoms with van der Waals surface area (Å²) < 4.78 is 18.6. The second-order valence-electron chi connectivity index (χ2n) is 6.21. The monoisotopic (exact) mass is 529 g/mol. The Morgan fingerprint density at radius 2 is 2.03 bits per heavy atom. The molecule has 3 rings (SSSR count). The van der Waals surface area contributed by atoms with Crippen molar-refractivity contribution in [3.63, 3.8) is 0 Å². The molecule has 154 valence electrons. The van der Waals surface area contributed by atoms with Gasteiger partial charge in [0.05, 0.1) is 0 Å². The summed E-state index contributed by atoms with van der Waals surface area (Å²) in [5, 5.41) is 11.0. The summed E-state index contributed by atoms with van der Waals surface area (Å²) in [4.78, 5) is 8.56. The molecule has 0 bridgehead atoms. The summed E-state index contributed by atoms with van der Waals surface area (Å²) in [5.41, 5.74) is 2.40. The highest BCUT2D eigenvalue weighted by atomic mass is 127. The molecule has 0 fully saturated rings. The van der Waals surface area contributed by atoms with Crippen LogP contribution in [0.25, 0.3) is 11.4 Å². The SMILES string of the molecule is CN=C(NCCc1nc(-c2cccc(Cl)c2)no1)NCc1ccc(F)c(C)c1.I. The Morgan fingerprint density at radius 1 is 1.21 bits per heavy atom. The number of nitrogens with one attached hydrogen (secondary N) is 2. The Kier molecular flexibility index (Phi) is 8.84. The molecule has 0 spiro atoms. The van der Waals surface area contributed by atoms with Crippen LogP contribution < -0.4 is 10.6 Å². The lowest BCUT2D eigenvalue weighted by molar-refractivity contribution is 0.378.